The summed E-state index contributed by atoms with van der Waals surface area (Å²) >= 11 is 0. The Kier molecular flexibility index (Phi) is 8.43. The van der Waals surface area contributed by atoms with Gasteiger partial charge >= 0.3 is 5.97 Å². The first-order valence-electron chi connectivity index (χ1n) is 11.5. The van der Waals surface area contributed by atoms with Gasteiger partial charge in [0.2, 0.25) is 5.88 Å². The fourth-order valence-corrected chi connectivity index (χ4v) is 3.44. The van der Waals surface area contributed by atoms with Gasteiger partial charge in [0.1, 0.15) is 11.5 Å². The third-order valence-electron chi connectivity index (χ3n) is 5.71. The number of nitrogens with zero attached hydrogens (tertiary/aromatic N) is 1. The number of ether oxygens (including phenoxy) is 1. The quantitative estimate of drug-likeness (QED) is 0.174. The van der Waals surface area contributed by atoms with E-state index in [0.29, 0.717) is 11.3 Å². The minimum Gasteiger partial charge on any atom is -0.481 e. The number of hydrogen-bond donors (Lipinski definition) is 6. The normalized spacial score (nSPS) is 10.9. The summed E-state index contributed by atoms with van der Waals surface area (Å²) in [6, 6.07) is 13.4. The van der Waals surface area contributed by atoms with Gasteiger partial charge in [-0.1, -0.05) is 19.9 Å². The molecule has 0 saturated carbocycles. The zero-order chi connectivity index (χ0) is 28.0. The SMILES string of the molecule is COc1ccc(-c2ccc(C(=O)NCC(C)(C)CO)cc2C(=O)O)c(C(=O)Nc2ccc(C(=N)N)cc2)n1. The number of nitrogens with one attached hydrogen (secondary N) is 3. The van der Waals surface area contributed by atoms with E-state index in [9.17, 15) is 24.6 Å². The second-order valence-electron chi connectivity index (χ2n) is 9.27. The Morgan fingerprint density at radius 2 is 1.63 bits per heavy atom. The van der Waals surface area contributed by atoms with Crippen LogP contribution in [0.4, 0.5) is 5.69 Å². The fraction of sp³-hybridized carbons (Fsp3) is 0.222. The number of aromatic nitrogens is 1. The smallest absolute Gasteiger partial charge is 0.336 e. The zero-order valence-electron chi connectivity index (χ0n) is 21.2. The molecule has 38 heavy (non-hydrogen) atoms. The van der Waals surface area contributed by atoms with Crippen LogP contribution in [-0.2, 0) is 0 Å². The van der Waals surface area contributed by atoms with E-state index in [4.69, 9.17) is 15.9 Å². The summed E-state index contributed by atoms with van der Waals surface area (Å²) in [6.07, 6.45) is 0. The molecule has 1 heterocycles. The first kappa shape index (κ1) is 27.8. The van der Waals surface area contributed by atoms with Gasteiger partial charge in [0, 0.05) is 47.0 Å². The maximum atomic E-state index is 13.2. The van der Waals surface area contributed by atoms with Crippen LogP contribution < -0.4 is 21.1 Å². The van der Waals surface area contributed by atoms with Crippen LogP contribution in [0.15, 0.2) is 54.6 Å². The number of benzene rings is 2. The van der Waals surface area contributed by atoms with Gasteiger partial charge in [-0.3, -0.25) is 15.0 Å². The molecule has 198 valence electrons. The highest BCUT2D eigenvalue weighted by atomic mass is 16.5. The molecular formula is C27H29N5O6. The molecule has 0 radical (unpaired) electrons. The van der Waals surface area contributed by atoms with E-state index in [1.165, 1.54) is 37.4 Å². The monoisotopic (exact) mass is 519 g/mol. The van der Waals surface area contributed by atoms with Crippen LogP contribution in [0.3, 0.4) is 0 Å². The number of methoxy groups -OCH3 is 1. The summed E-state index contributed by atoms with van der Waals surface area (Å²) in [5, 5.41) is 32.2. The molecule has 3 rings (SSSR count). The van der Waals surface area contributed by atoms with Crippen LogP contribution in [0.25, 0.3) is 11.1 Å². The van der Waals surface area contributed by atoms with Gasteiger partial charge in [0.15, 0.2) is 0 Å². The maximum Gasteiger partial charge on any atom is 0.336 e. The van der Waals surface area contributed by atoms with E-state index < -0.39 is 23.2 Å². The van der Waals surface area contributed by atoms with Crippen molar-refractivity contribution in [2.45, 2.75) is 13.8 Å². The second-order valence-corrected chi connectivity index (χ2v) is 9.27. The molecule has 0 bridgehead atoms. The molecule has 0 spiro atoms. The van der Waals surface area contributed by atoms with Crippen molar-refractivity contribution in [2.75, 3.05) is 25.6 Å². The molecule has 2 aromatic carbocycles. The van der Waals surface area contributed by atoms with E-state index in [-0.39, 0.29) is 52.8 Å². The highest BCUT2D eigenvalue weighted by molar-refractivity contribution is 6.10. The number of carboxylic acids is 1. The number of nitrogen functional groups attached to an aromatic ring is 1. The Bertz CT molecular complexity index is 1390. The van der Waals surface area contributed by atoms with Gasteiger partial charge in [0.05, 0.1) is 12.7 Å². The number of aromatic carboxylic acids is 1. The van der Waals surface area contributed by atoms with E-state index >= 15 is 0 Å². The Balaban J connectivity index is 1.99. The van der Waals surface area contributed by atoms with Crippen molar-refractivity contribution in [3.8, 4) is 17.0 Å². The van der Waals surface area contributed by atoms with Crippen molar-refractivity contribution >= 4 is 29.3 Å². The standard InChI is InChI=1S/C27H29N5O6/c1-27(2,14-33)13-30-24(34)16-6-9-18(20(12-16)26(36)37)19-10-11-21(38-3)32-22(19)25(35)31-17-7-4-15(5-8-17)23(28)29/h4-12,33H,13-14H2,1-3H3,(H3,28,29)(H,30,34)(H,31,35)(H,36,37). The minimum absolute atomic E-state index is 0.0932. The second kappa shape index (κ2) is 11.5. The van der Waals surface area contributed by atoms with Crippen molar-refractivity contribution in [1.29, 1.82) is 5.41 Å². The first-order chi connectivity index (χ1) is 18.0. The molecule has 11 nitrogen and oxygen atoms in total. The molecule has 7 N–H and O–H groups in total. The lowest BCUT2D eigenvalue weighted by molar-refractivity contribution is 0.0697. The van der Waals surface area contributed by atoms with Gasteiger partial charge in [-0.25, -0.2) is 9.78 Å². The number of pyridine rings is 1. The van der Waals surface area contributed by atoms with E-state index in [0.717, 1.165) is 0 Å². The van der Waals surface area contributed by atoms with Crippen molar-refractivity contribution in [3.63, 3.8) is 0 Å². The van der Waals surface area contributed by atoms with Gasteiger partial charge in [-0.05, 0) is 48.0 Å². The molecule has 0 unspecified atom stereocenters. The van der Waals surface area contributed by atoms with Gasteiger partial charge in [-0.2, -0.15) is 0 Å². The molecule has 0 aliphatic carbocycles. The summed E-state index contributed by atoms with van der Waals surface area (Å²) in [5.74, 6) is -2.40. The predicted octanol–water partition coefficient (Wildman–Crippen LogP) is 2.74. The molecule has 0 fully saturated rings. The zero-order valence-corrected chi connectivity index (χ0v) is 21.2. The molecular weight excluding hydrogens is 490 g/mol. The summed E-state index contributed by atoms with van der Waals surface area (Å²) in [5.41, 5.74) is 6.03. The number of aliphatic hydroxyl groups is 1. The first-order valence-corrected chi connectivity index (χ1v) is 11.5. The highest BCUT2D eigenvalue weighted by Crippen LogP contribution is 2.30. The van der Waals surface area contributed by atoms with Gasteiger partial charge in [-0.15, -0.1) is 0 Å². The highest BCUT2D eigenvalue weighted by Gasteiger charge is 2.23. The van der Waals surface area contributed by atoms with Crippen LogP contribution in [0.2, 0.25) is 0 Å². The molecule has 0 aliphatic rings. The fourth-order valence-electron chi connectivity index (χ4n) is 3.44. The number of amides is 2. The lowest BCUT2D eigenvalue weighted by Gasteiger charge is -2.22. The number of carbonyl (C=O) groups is 3. The molecule has 0 aliphatic heterocycles. The summed E-state index contributed by atoms with van der Waals surface area (Å²) in [6.45, 7) is 3.61. The summed E-state index contributed by atoms with van der Waals surface area (Å²) in [7, 11) is 1.39. The number of rotatable bonds is 10. The van der Waals surface area contributed by atoms with E-state index in [1.807, 2.05) is 0 Å². The van der Waals surface area contributed by atoms with Crippen LogP contribution in [0.5, 0.6) is 5.88 Å². The molecule has 1 aromatic heterocycles. The van der Waals surface area contributed by atoms with Gasteiger partial charge < -0.3 is 31.3 Å². The third-order valence-corrected chi connectivity index (χ3v) is 5.71. The number of amidine groups is 1. The van der Waals surface area contributed by atoms with Crippen molar-refractivity contribution in [3.05, 3.63) is 77.0 Å². The Morgan fingerprint density at radius 3 is 2.21 bits per heavy atom. The van der Waals surface area contributed by atoms with Crippen LogP contribution in [0, 0.1) is 10.8 Å². The Morgan fingerprint density at radius 1 is 1.00 bits per heavy atom. The number of hydrogen-bond acceptors (Lipinski definition) is 7. The molecule has 3 aromatic rings. The number of nitrogens with two attached hydrogens (primary N) is 1. The maximum absolute atomic E-state index is 13.2. The van der Waals surface area contributed by atoms with E-state index in [1.54, 1.807) is 38.1 Å². The van der Waals surface area contributed by atoms with Crippen molar-refractivity contribution < 1.29 is 29.3 Å². The van der Waals surface area contributed by atoms with Gasteiger partial charge in [0.25, 0.3) is 11.8 Å². The largest absolute Gasteiger partial charge is 0.481 e. The third kappa shape index (κ3) is 6.51. The molecule has 0 saturated heterocycles. The average Bonchev–Trinajstić information content (AvgIpc) is 2.91. The lowest BCUT2D eigenvalue weighted by Crippen LogP contribution is -2.36. The van der Waals surface area contributed by atoms with Crippen LogP contribution in [-0.4, -0.2) is 59.1 Å². The van der Waals surface area contributed by atoms with Crippen LogP contribution in [0.1, 0.15) is 50.6 Å². The Hall–Kier alpha value is -4.77. The summed E-state index contributed by atoms with van der Waals surface area (Å²) in [4.78, 5) is 42.3. The number of carboxylic acid groups (broad SMARTS) is 1. The lowest BCUT2D eigenvalue weighted by atomic mass is 9.94. The molecule has 2 amide bonds. The average molecular weight is 520 g/mol. The van der Waals surface area contributed by atoms with Crippen molar-refractivity contribution in [2.24, 2.45) is 11.1 Å². The van der Waals surface area contributed by atoms with E-state index in [2.05, 4.69) is 15.6 Å². The summed E-state index contributed by atoms with van der Waals surface area (Å²) < 4.78 is 5.16. The topological polar surface area (TPSA) is 188 Å². The number of aliphatic hydroxyl groups excluding tert-OH is 1. The Labute approximate surface area is 219 Å². The molecule has 11 heteroatoms. The minimum atomic E-state index is -1.30. The predicted molar refractivity (Wildman–Crippen MR) is 142 cm³/mol. The number of anilines is 1. The number of carbonyl (C=O) groups excluding carboxylic acids is 2. The van der Waals surface area contributed by atoms with Crippen LogP contribution >= 0.6 is 0 Å². The van der Waals surface area contributed by atoms with Crippen molar-refractivity contribution in [1.82, 2.24) is 10.3 Å². The molecule has 0 atom stereocenters.